The molecule has 1 atom stereocenters. The number of nitrogens with two attached hydrogens (primary N) is 1. The van der Waals surface area contributed by atoms with E-state index in [1.807, 2.05) is 4.90 Å². The van der Waals surface area contributed by atoms with Gasteiger partial charge in [0.05, 0.1) is 37.3 Å². The molecule has 1 rings (SSSR count). The fourth-order valence-corrected chi connectivity index (χ4v) is 1.52. The van der Waals surface area contributed by atoms with Crippen molar-refractivity contribution in [1.82, 2.24) is 9.97 Å². The molecule has 2 N–H and O–H groups in total. The van der Waals surface area contributed by atoms with Gasteiger partial charge in [-0.25, -0.2) is 9.97 Å². The van der Waals surface area contributed by atoms with Crippen molar-refractivity contribution in [2.45, 2.75) is 13.0 Å². The average molecular weight is 240 g/mol. The second-order valence-corrected chi connectivity index (χ2v) is 3.81. The Bertz CT molecular complexity index is 318. The molecule has 17 heavy (non-hydrogen) atoms. The molecule has 1 heterocycles. The molecule has 6 nitrogen and oxygen atoms in total. The van der Waals surface area contributed by atoms with Crippen LogP contribution >= 0.6 is 0 Å². The van der Waals surface area contributed by atoms with Crippen LogP contribution in [0, 0.1) is 0 Å². The van der Waals surface area contributed by atoms with Crippen LogP contribution in [-0.4, -0.2) is 50.0 Å². The number of anilines is 2. The quantitative estimate of drug-likeness (QED) is 0.750. The van der Waals surface area contributed by atoms with E-state index in [9.17, 15) is 0 Å². The third-order valence-electron chi connectivity index (χ3n) is 2.39. The van der Waals surface area contributed by atoms with Gasteiger partial charge in [0.15, 0.2) is 0 Å². The van der Waals surface area contributed by atoms with Crippen LogP contribution in [0.4, 0.5) is 11.6 Å². The number of ether oxygens (including phenoxy) is 2. The Hall–Kier alpha value is -1.40. The Balaban J connectivity index is 2.77. The first-order chi connectivity index (χ1) is 8.19. The van der Waals surface area contributed by atoms with Crippen LogP contribution in [0.15, 0.2) is 12.4 Å². The van der Waals surface area contributed by atoms with Crippen LogP contribution < -0.4 is 10.6 Å². The summed E-state index contributed by atoms with van der Waals surface area (Å²) >= 11 is 0. The first-order valence-electron chi connectivity index (χ1n) is 5.51. The summed E-state index contributed by atoms with van der Waals surface area (Å²) in [4.78, 5) is 10.5. The fraction of sp³-hybridized carbons (Fsp3) is 0.636. The van der Waals surface area contributed by atoms with Crippen LogP contribution in [0.2, 0.25) is 0 Å². The maximum atomic E-state index is 5.57. The molecule has 6 heteroatoms. The second-order valence-electron chi connectivity index (χ2n) is 3.81. The van der Waals surface area contributed by atoms with E-state index in [0.717, 1.165) is 0 Å². The van der Waals surface area contributed by atoms with E-state index >= 15 is 0 Å². The van der Waals surface area contributed by atoms with Gasteiger partial charge in [-0.3, -0.25) is 0 Å². The van der Waals surface area contributed by atoms with Crippen molar-refractivity contribution in [3.8, 4) is 0 Å². The predicted molar refractivity (Wildman–Crippen MR) is 67.0 cm³/mol. The molecule has 96 valence electrons. The summed E-state index contributed by atoms with van der Waals surface area (Å²) in [5.41, 5.74) is 6.12. The van der Waals surface area contributed by atoms with Crippen LogP contribution in [0.25, 0.3) is 0 Å². The smallest absolute Gasteiger partial charge is 0.225 e. The number of methoxy groups -OCH3 is 2. The molecule has 1 aromatic heterocycles. The van der Waals surface area contributed by atoms with E-state index in [0.29, 0.717) is 31.4 Å². The van der Waals surface area contributed by atoms with Crippen molar-refractivity contribution >= 4 is 11.6 Å². The van der Waals surface area contributed by atoms with Gasteiger partial charge in [-0.1, -0.05) is 0 Å². The Morgan fingerprint density at radius 1 is 1.29 bits per heavy atom. The van der Waals surface area contributed by atoms with E-state index in [2.05, 4.69) is 16.9 Å². The van der Waals surface area contributed by atoms with E-state index < -0.39 is 0 Å². The fourth-order valence-electron chi connectivity index (χ4n) is 1.52. The van der Waals surface area contributed by atoms with E-state index in [1.165, 1.54) is 0 Å². The highest BCUT2D eigenvalue weighted by Gasteiger charge is 2.16. The lowest BCUT2D eigenvalue weighted by atomic mass is 10.3. The normalized spacial score (nSPS) is 12.4. The summed E-state index contributed by atoms with van der Waals surface area (Å²) in [6.07, 6.45) is 3.20. The molecule has 0 fully saturated rings. The molecule has 0 amide bonds. The highest BCUT2D eigenvalue weighted by molar-refractivity contribution is 5.38. The van der Waals surface area contributed by atoms with Crippen molar-refractivity contribution in [3.63, 3.8) is 0 Å². The summed E-state index contributed by atoms with van der Waals surface area (Å²) in [5, 5.41) is 0. The first kappa shape index (κ1) is 13.7. The van der Waals surface area contributed by atoms with Gasteiger partial charge < -0.3 is 20.1 Å². The zero-order valence-corrected chi connectivity index (χ0v) is 10.6. The molecule has 0 aliphatic carbocycles. The van der Waals surface area contributed by atoms with Crippen LogP contribution in [0.1, 0.15) is 6.92 Å². The molecule has 0 spiro atoms. The largest absolute Gasteiger partial charge is 0.396 e. The maximum Gasteiger partial charge on any atom is 0.225 e. The lowest BCUT2D eigenvalue weighted by Gasteiger charge is -2.28. The highest BCUT2D eigenvalue weighted by atomic mass is 16.5. The Morgan fingerprint density at radius 3 is 2.47 bits per heavy atom. The second kappa shape index (κ2) is 7.03. The number of hydrogen-bond donors (Lipinski definition) is 1. The van der Waals surface area contributed by atoms with Crippen LogP contribution in [-0.2, 0) is 9.47 Å². The van der Waals surface area contributed by atoms with E-state index in [4.69, 9.17) is 15.2 Å². The number of rotatable bonds is 7. The maximum absolute atomic E-state index is 5.57. The van der Waals surface area contributed by atoms with Crippen molar-refractivity contribution in [1.29, 1.82) is 0 Å². The SMILES string of the molecule is COCCN(c1ncc(N)cn1)C(C)COC. The average Bonchev–Trinajstić information content (AvgIpc) is 2.32. The minimum absolute atomic E-state index is 0.179. The number of nitrogen functional groups attached to an aromatic ring is 1. The van der Waals surface area contributed by atoms with E-state index in [-0.39, 0.29) is 6.04 Å². The Kier molecular flexibility index (Phi) is 5.65. The molecule has 1 unspecified atom stereocenters. The number of aromatic nitrogens is 2. The van der Waals surface area contributed by atoms with E-state index in [1.54, 1.807) is 26.6 Å². The van der Waals surface area contributed by atoms with Gasteiger partial charge in [0.1, 0.15) is 0 Å². The predicted octanol–water partition coefficient (Wildman–Crippen LogP) is 0.546. The third-order valence-corrected chi connectivity index (χ3v) is 2.39. The number of hydrogen-bond acceptors (Lipinski definition) is 6. The summed E-state index contributed by atoms with van der Waals surface area (Å²) in [6.45, 7) is 3.99. The molecule has 0 aliphatic heterocycles. The lowest BCUT2D eigenvalue weighted by molar-refractivity contribution is 0.170. The van der Waals surface area contributed by atoms with Gasteiger partial charge >= 0.3 is 0 Å². The summed E-state index contributed by atoms with van der Waals surface area (Å²) in [6, 6.07) is 0.179. The molecule has 0 bridgehead atoms. The van der Waals surface area contributed by atoms with Gasteiger partial charge in [0, 0.05) is 20.8 Å². The molecule has 0 aromatic carbocycles. The lowest BCUT2D eigenvalue weighted by Crippen LogP contribution is -2.39. The molecule has 0 radical (unpaired) electrons. The Labute approximate surface area is 102 Å². The van der Waals surface area contributed by atoms with Gasteiger partial charge in [0.25, 0.3) is 0 Å². The molecular formula is C11H20N4O2. The monoisotopic (exact) mass is 240 g/mol. The molecule has 0 aliphatic rings. The van der Waals surface area contributed by atoms with Gasteiger partial charge in [-0.15, -0.1) is 0 Å². The summed E-state index contributed by atoms with van der Waals surface area (Å²) in [7, 11) is 3.35. The van der Waals surface area contributed by atoms with Crippen molar-refractivity contribution in [3.05, 3.63) is 12.4 Å². The third kappa shape index (κ3) is 4.16. The zero-order valence-electron chi connectivity index (χ0n) is 10.6. The van der Waals surface area contributed by atoms with Crippen LogP contribution in [0.3, 0.4) is 0 Å². The Morgan fingerprint density at radius 2 is 1.94 bits per heavy atom. The van der Waals surface area contributed by atoms with Gasteiger partial charge in [0.2, 0.25) is 5.95 Å². The topological polar surface area (TPSA) is 73.5 Å². The minimum atomic E-state index is 0.179. The van der Waals surface area contributed by atoms with Crippen molar-refractivity contribution in [2.75, 3.05) is 44.6 Å². The van der Waals surface area contributed by atoms with Crippen LogP contribution in [0.5, 0.6) is 0 Å². The summed E-state index contributed by atoms with van der Waals surface area (Å²) in [5.74, 6) is 0.640. The molecule has 1 aromatic rings. The van der Waals surface area contributed by atoms with Crippen molar-refractivity contribution < 1.29 is 9.47 Å². The van der Waals surface area contributed by atoms with Gasteiger partial charge in [-0.2, -0.15) is 0 Å². The van der Waals surface area contributed by atoms with Crippen molar-refractivity contribution in [2.24, 2.45) is 0 Å². The molecule has 0 saturated carbocycles. The molecule has 0 saturated heterocycles. The standard InChI is InChI=1S/C11H20N4O2/c1-9(8-17-3)15(4-5-16-2)11-13-6-10(12)7-14-11/h6-7,9H,4-5,8,12H2,1-3H3. The molecular weight excluding hydrogens is 220 g/mol. The van der Waals surface area contributed by atoms with Gasteiger partial charge in [-0.05, 0) is 6.92 Å². The zero-order chi connectivity index (χ0) is 12.7. The number of nitrogens with zero attached hydrogens (tertiary/aromatic N) is 3. The minimum Gasteiger partial charge on any atom is -0.396 e. The summed E-state index contributed by atoms with van der Waals surface area (Å²) < 4.78 is 10.2. The first-order valence-corrected chi connectivity index (χ1v) is 5.51. The highest BCUT2D eigenvalue weighted by Crippen LogP contribution is 2.11.